The summed E-state index contributed by atoms with van der Waals surface area (Å²) < 4.78 is 21.9. The van der Waals surface area contributed by atoms with E-state index in [4.69, 9.17) is 18.9 Å². The van der Waals surface area contributed by atoms with Crippen LogP contribution in [0, 0.1) is 0 Å². The number of aliphatic hydroxyl groups is 1. The number of ether oxygens (including phenoxy) is 4. The monoisotopic (exact) mass is 402 g/mol. The van der Waals surface area contributed by atoms with Crippen molar-refractivity contribution in [1.82, 2.24) is 0 Å². The number of phenolic OH excluding ortho intramolecular Hbond substituents is 1. The van der Waals surface area contributed by atoms with Crippen molar-refractivity contribution in [3.05, 3.63) is 47.0 Å². The second kappa shape index (κ2) is 9.05. The third kappa shape index (κ3) is 4.24. The van der Waals surface area contributed by atoms with Gasteiger partial charge in [-0.15, -0.1) is 0 Å². The SMILES string of the molecule is CCOC(=O)CCc1cc(OC)c2c(c1)[C@@H](CO)[C@H](c1ccc(O)c(OC)c1)O2. The number of hydrogen-bond acceptors (Lipinski definition) is 7. The number of fused-ring (bicyclic) bond motifs is 1. The van der Waals surface area contributed by atoms with Crippen LogP contribution in [0.3, 0.4) is 0 Å². The number of aliphatic hydroxyl groups excluding tert-OH is 1. The molecule has 0 fully saturated rings. The Bertz CT molecular complexity index is 878. The van der Waals surface area contributed by atoms with Crippen LogP contribution in [-0.4, -0.2) is 43.6 Å². The summed E-state index contributed by atoms with van der Waals surface area (Å²) in [6.45, 7) is 1.99. The Balaban J connectivity index is 1.92. The molecular weight excluding hydrogens is 376 g/mol. The Kier molecular flexibility index (Phi) is 6.49. The lowest BCUT2D eigenvalue weighted by Crippen LogP contribution is -2.13. The number of phenols is 1. The predicted octanol–water partition coefficient (Wildman–Crippen LogP) is 3.11. The molecule has 7 nitrogen and oxygen atoms in total. The summed E-state index contributed by atoms with van der Waals surface area (Å²) in [6.07, 6.45) is 0.302. The van der Waals surface area contributed by atoms with Crippen LogP contribution in [-0.2, 0) is 16.0 Å². The number of carbonyl (C=O) groups excluding carboxylic acids is 1. The van der Waals surface area contributed by atoms with Gasteiger partial charge < -0.3 is 29.2 Å². The topological polar surface area (TPSA) is 94.5 Å². The Hall–Kier alpha value is -2.93. The molecule has 156 valence electrons. The van der Waals surface area contributed by atoms with Crippen LogP contribution in [0.2, 0.25) is 0 Å². The van der Waals surface area contributed by atoms with E-state index in [9.17, 15) is 15.0 Å². The lowest BCUT2D eigenvalue weighted by Gasteiger charge is -2.18. The minimum absolute atomic E-state index is 0.0335. The standard InChI is InChI=1S/C22H26O7/c1-4-28-20(25)8-5-13-9-15-16(12-23)21(29-22(15)19(10-13)27-3)14-6-7-17(24)18(11-14)26-2/h6-7,9-11,16,21,23-24H,4-5,8,12H2,1-3H3/t16-,21+/m1/s1. The second-order valence-electron chi connectivity index (χ2n) is 6.78. The molecule has 2 N–H and O–H groups in total. The molecule has 29 heavy (non-hydrogen) atoms. The van der Waals surface area contributed by atoms with Crippen LogP contribution in [0.1, 0.15) is 42.1 Å². The molecule has 7 heteroatoms. The smallest absolute Gasteiger partial charge is 0.306 e. The Morgan fingerprint density at radius 3 is 2.55 bits per heavy atom. The number of aromatic hydroxyl groups is 1. The lowest BCUT2D eigenvalue weighted by molar-refractivity contribution is -0.143. The first-order valence-electron chi connectivity index (χ1n) is 9.53. The van der Waals surface area contributed by atoms with Gasteiger partial charge in [-0.3, -0.25) is 4.79 Å². The van der Waals surface area contributed by atoms with Gasteiger partial charge >= 0.3 is 5.97 Å². The summed E-state index contributed by atoms with van der Waals surface area (Å²) in [5.41, 5.74) is 2.49. The number of benzene rings is 2. The van der Waals surface area contributed by atoms with Gasteiger partial charge in [-0.1, -0.05) is 12.1 Å². The van der Waals surface area contributed by atoms with E-state index in [1.165, 1.54) is 13.2 Å². The van der Waals surface area contributed by atoms with E-state index in [2.05, 4.69) is 0 Å². The van der Waals surface area contributed by atoms with E-state index in [1.807, 2.05) is 12.1 Å². The molecule has 0 saturated carbocycles. The highest BCUT2D eigenvalue weighted by atomic mass is 16.5. The molecule has 0 unspecified atom stereocenters. The Morgan fingerprint density at radius 1 is 1.14 bits per heavy atom. The average molecular weight is 402 g/mol. The Morgan fingerprint density at radius 2 is 1.90 bits per heavy atom. The zero-order chi connectivity index (χ0) is 21.0. The van der Waals surface area contributed by atoms with Crippen molar-refractivity contribution in [3.63, 3.8) is 0 Å². The molecule has 1 heterocycles. The van der Waals surface area contributed by atoms with E-state index in [1.54, 1.807) is 26.2 Å². The van der Waals surface area contributed by atoms with Gasteiger partial charge in [-0.25, -0.2) is 0 Å². The molecule has 0 spiro atoms. The largest absolute Gasteiger partial charge is 0.504 e. The number of hydrogen-bond donors (Lipinski definition) is 2. The highest BCUT2D eigenvalue weighted by molar-refractivity contribution is 5.70. The molecular formula is C22H26O7. The minimum atomic E-state index is -0.460. The van der Waals surface area contributed by atoms with E-state index in [0.717, 1.165) is 16.7 Å². The van der Waals surface area contributed by atoms with Gasteiger partial charge in [0, 0.05) is 12.0 Å². The van der Waals surface area contributed by atoms with Crippen LogP contribution in [0.4, 0.5) is 0 Å². The van der Waals surface area contributed by atoms with Gasteiger partial charge in [0.2, 0.25) is 0 Å². The molecule has 0 amide bonds. The molecule has 1 aliphatic rings. The molecule has 0 bridgehead atoms. The van der Waals surface area contributed by atoms with Crippen LogP contribution in [0.25, 0.3) is 0 Å². The summed E-state index contributed by atoms with van der Waals surface area (Å²) in [5, 5.41) is 20.0. The Labute approximate surface area is 169 Å². The summed E-state index contributed by atoms with van der Waals surface area (Å²) in [4.78, 5) is 11.7. The van der Waals surface area contributed by atoms with Crippen LogP contribution in [0.15, 0.2) is 30.3 Å². The first-order chi connectivity index (χ1) is 14.0. The van der Waals surface area contributed by atoms with Crippen LogP contribution >= 0.6 is 0 Å². The molecule has 0 aromatic heterocycles. The maximum Gasteiger partial charge on any atom is 0.306 e. The molecule has 2 atom stereocenters. The van der Waals surface area contributed by atoms with E-state index >= 15 is 0 Å². The number of rotatable bonds is 8. The summed E-state index contributed by atoms with van der Waals surface area (Å²) >= 11 is 0. The molecule has 2 aromatic rings. The zero-order valence-electron chi connectivity index (χ0n) is 16.8. The minimum Gasteiger partial charge on any atom is -0.504 e. The van der Waals surface area contributed by atoms with Gasteiger partial charge in [0.25, 0.3) is 0 Å². The van der Waals surface area contributed by atoms with E-state index in [0.29, 0.717) is 30.3 Å². The fourth-order valence-corrected chi connectivity index (χ4v) is 3.60. The zero-order valence-corrected chi connectivity index (χ0v) is 16.8. The number of carbonyl (C=O) groups is 1. The highest BCUT2D eigenvalue weighted by Gasteiger charge is 2.38. The fourth-order valence-electron chi connectivity index (χ4n) is 3.60. The van der Waals surface area contributed by atoms with E-state index < -0.39 is 6.10 Å². The maximum absolute atomic E-state index is 11.7. The van der Waals surface area contributed by atoms with Crippen LogP contribution in [0.5, 0.6) is 23.0 Å². The average Bonchev–Trinajstić information content (AvgIpc) is 3.10. The predicted molar refractivity (Wildman–Crippen MR) is 106 cm³/mol. The van der Waals surface area contributed by atoms with Crippen molar-refractivity contribution in [2.75, 3.05) is 27.4 Å². The normalized spacial score (nSPS) is 17.4. The van der Waals surface area contributed by atoms with Gasteiger partial charge in [0.1, 0.15) is 6.10 Å². The number of aryl methyl sites for hydroxylation is 1. The van der Waals surface area contributed by atoms with Crippen molar-refractivity contribution >= 4 is 5.97 Å². The molecule has 2 aromatic carbocycles. The van der Waals surface area contributed by atoms with E-state index in [-0.39, 0.29) is 30.7 Å². The van der Waals surface area contributed by atoms with Crippen molar-refractivity contribution < 1.29 is 34.0 Å². The fraction of sp³-hybridized carbons (Fsp3) is 0.409. The van der Waals surface area contributed by atoms with Gasteiger partial charge in [0.05, 0.1) is 33.4 Å². The van der Waals surface area contributed by atoms with Gasteiger partial charge in [0.15, 0.2) is 23.0 Å². The summed E-state index contributed by atoms with van der Waals surface area (Å²) in [7, 11) is 3.03. The van der Waals surface area contributed by atoms with Crippen LogP contribution < -0.4 is 14.2 Å². The lowest BCUT2D eigenvalue weighted by atomic mass is 9.90. The van der Waals surface area contributed by atoms with Crippen molar-refractivity contribution in [2.24, 2.45) is 0 Å². The third-order valence-corrected chi connectivity index (χ3v) is 5.03. The number of methoxy groups -OCH3 is 2. The maximum atomic E-state index is 11.7. The molecule has 1 aliphatic heterocycles. The first kappa shape index (κ1) is 20.8. The second-order valence-corrected chi connectivity index (χ2v) is 6.78. The molecule has 0 radical (unpaired) electrons. The molecule has 3 rings (SSSR count). The summed E-state index contributed by atoms with van der Waals surface area (Å²) in [6, 6.07) is 8.76. The van der Waals surface area contributed by atoms with Crippen molar-refractivity contribution in [1.29, 1.82) is 0 Å². The first-order valence-corrected chi connectivity index (χ1v) is 9.53. The summed E-state index contributed by atoms with van der Waals surface area (Å²) in [5.74, 6) is 0.912. The van der Waals surface area contributed by atoms with Gasteiger partial charge in [-0.05, 0) is 42.7 Å². The third-order valence-electron chi connectivity index (χ3n) is 5.03. The van der Waals surface area contributed by atoms with Gasteiger partial charge in [-0.2, -0.15) is 0 Å². The van der Waals surface area contributed by atoms with Crippen molar-refractivity contribution in [3.8, 4) is 23.0 Å². The molecule has 0 aliphatic carbocycles. The highest BCUT2D eigenvalue weighted by Crippen LogP contribution is 2.51. The quantitative estimate of drug-likeness (QED) is 0.655. The van der Waals surface area contributed by atoms with Crippen molar-refractivity contribution in [2.45, 2.75) is 31.8 Å². The molecule has 0 saturated heterocycles. The number of esters is 1.